The summed E-state index contributed by atoms with van der Waals surface area (Å²) in [5.74, 6) is -0.711. The Bertz CT molecular complexity index is 660. The van der Waals surface area contributed by atoms with Gasteiger partial charge in [0, 0.05) is 23.9 Å². The van der Waals surface area contributed by atoms with Crippen molar-refractivity contribution in [1.82, 2.24) is 0 Å². The number of primary sulfonamides is 1. The molecule has 1 heterocycles. The molecule has 0 radical (unpaired) electrons. The van der Waals surface area contributed by atoms with E-state index >= 15 is 0 Å². The van der Waals surface area contributed by atoms with Crippen molar-refractivity contribution < 1.29 is 13.2 Å². The van der Waals surface area contributed by atoms with Crippen molar-refractivity contribution in [2.45, 2.75) is 13.3 Å². The lowest BCUT2D eigenvalue weighted by molar-refractivity contribution is -0.117. The molecule has 0 spiro atoms. The minimum Gasteiger partial charge on any atom is -0.397 e. The van der Waals surface area contributed by atoms with Crippen LogP contribution in [0.2, 0.25) is 5.02 Å². The maximum absolute atomic E-state index is 12.0. The number of hydrogen-bond acceptors (Lipinski definition) is 4. The van der Waals surface area contributed by atoms with E-state index < -0.39 is 10.0 Å². The molecular weight excluding hydrogens is 302 g/mol. The molecule has 4 N–H and O–H groups in total. The highest BCUT2D eigenvalue weighted by Crippen LogP contribution is 2.34. The Hall–Kier alpha value is -1.31. The van der Waals surface area contributed by atoms with Gasteiger partial charge in [0.05, 0.1) is 17.1 Å². The van der Waals surface area contributed by atoms with Gasteiger partial charge in [-0.2, -0.15) is 0 Å². The molecule has 1 aromatic rings. The average molecular weight is 318 g/mol. The van der Waals surface area contributed by atoms with E-state index in [0.717, 1.165) is 5.56 Å². The van der Waals surface area contributed by atoms with E-state index in [1.807, 2.05) is 6.92 Å². The van der Waals surface area contributed by atoms with E-state index in [1.165, 1.54) is 4.90 Å². The number of nitrogens with zero attached hydrogens (tertiary/aromatic N) is 1. The Labute approximate surface area is 122 Å². The van der Waals surface area contributed by atoms with Gasteiger partial charge in [-0.3, -0.25) is 4.79 Å². The van der Waals surface area contributed by atoms with Gasteiger partial charge in [0.1, 0.15) is 0 Å². The molecule has 0 saturated carbocycles. The summed E-state index contributed by atoms with van der Waals surface area (Å²) in [4.78, 5) is 13.5. The van der Waals surface area contributed by atoms with Crippen LogP contribution in [0.4, 0.5) is 11.4 Å². The van der Waals surface area contributed by atoms with E-state index in [2.05, 4.69) is 0 Å². The van der Waals surface area contributed by atoms with Gasteiger partial charge in [0.15, 0.2) is 0 Å². The third kappa shape index (κ3) is 3.23. The van der Waals surface area contributed by atoms with Crippen LogP contribution in [-0.4, -0.2) is 26.6 Å². The molecule has 110 valence electrons. The number of sulfonamides is 1. The number of nitrogens with two attached hydrogens (primary N) is 2. The number of aryl methyl sites for hydroxylation is 1. The van der Waals surface area contributed by atoms with Crippen LogP contribution in [-0.2, 0) is 14.8 Å². The maximum atomic E-state index is 12.0. The number of hydrogen-bond donors (Lipinski definition) is 2. The molecule has 1 aliphatic heterocycles. The number of benzene rings is 1. The zero-order valence-corrected chi connectivity index (χ0v) is 12.5. The van der Waals surface area contributed by atoms with Gasteiger partial charge in [-0.05, 0) is 24.6 Å². The van der Waals surface area contributed by atoms with E-state index in [9.17, 15) is 13.2 Å². The molecule has 1 aromatic carbocycles. The summed E-state index contributed by atoms with van der Waals surface area (Å²) >= 11 is 6.05. The largest absolute Gasteiger partial charge is 0.397 e. The van der Waals surface area contributed by atoms with Crippen LogP contribution in [0.25, 0.3) is 0 Å². The first-order valence-corrected chi connectivity index (χ1v) is 8.13. The van der Waals surface area contributed by atoms with Crippen LogP contribution < -0.4 is 15.8 Å². The van der Waals surface area contributed by atoms with Crippen molar-refractivity contribution in [3.63, 3.8) is 0 Å². The van der Waals surface area contributed by atoms with E-state index in [1.54, 1.807) is 12.1 Å². The second-order valence-electron chi connectivity index (χ2n) is 5.06. The zero-order chi connectivity index (χ0) is 15.1. The van der Waals surface area contributed by atoms with Crippen molar-refractivity contribution in [2.24, 2.45) is 11.1 Å². The molecule has 0 aliphatic carbocycles. The fraction of sp³-hybridized carbons (Fsp3) is 0.417. The first-order valence-electron chi connectivity index (χ1n) is 6.04. The third-order valence-electron chi connectivity index (χ3n) is 3.27. The Morgan fingerprint density at radius 2 is 2.10 bits per heavy atom. The molecule has 1 unspecified atom stereocenters. The molecule has 1 saturated heterocycles. The van der Waals surface area contributed by atoms with Gasteiger partial charge >= 0.3 is 0 Å². The minimum atomic E-state index is -3.60. The quantitative estimate of drug-likeness (QED) is 0.807. The Morgan fingerprint density at radius 1 is 1.45 bits per heavy atom. The lowest BCUT2D eigenvalue weighted by Gasteiger charge is -2.19. The Balaban J connectivity index is 2.26. The van der Waals surface area contributed by atoms with Gasteiger partial charge in [0.25, 0.3) is 0 Å². The molecule has 1 atom stereocenters. The van der Waals surface area contributed by atoms with Crippen molar-refractivity contribution >= 4 is 38.9 Å². The molecule has 1 amide bonds. The molecule has 0 bridgehead atoms. The molecule has 1 fully saturated rings. The summed E-state index contributed by atoms with van der Waals surface area (Å²) in [6, 6.07) is 3.32. The predicted molar refractivity (Wildman–Crippen MR) is 79.0 cm³/mol. The number of amides is 1. The minimum absolute atomic E-state index is 0.140. The van der Waals surface area contributed by atoms with Gasteiger partial charge in [0.2, 0.25) is 15.9 Å². The Kier molecular flexibility index (Phi) is 3.95. The highest BCUT2D eigenvalue weighted by atomic mass is 35.5. The molecule has 8 heteroatoms. The highest BCUT2D eigenvalue weighted by molar-refractivity contribution is 7.89. The lowest BCUT2D eigenvalue weighted by atomic mass is 10.1. The number of carbonyl (C=O) groups excluding carboxylic acids is 1. The Morgan fingerprint density at radius 3 is 2.70 bits per heavy atom. The van der Waals surface area contributed by atoms with Crippen molar-refractivity contribution in [2.75, 3.05) is 22.9 Å². The normalized spacial score (nSPS) is 19.6. The molecule has 6 nitrogen and oxygen atoms in total. The maximum Gasteiger partial charge on any atom is 0.227 e. The first kappa shape index (κ1) is 15.1. The number of anilines is 2. The van der Waals surface area contributed by atoms with Crippen LogP contribution in [0.1, 0.15) is 12.0 Å². The molecule has 2 rings (SSSR count). The predicted octanol–water partition coefficient (Wildman–Crippen LogP) is 0.872. The number of nitrogen functional groups attached to an aromatic ring is 1. The number of halogens is 1. The van der Waals surface area contributed by atoms with Crippen LogP contribution >= 0.6 is 11.6 Å². The summed E-state index contributed by atoms with van der Waals surface area (Å²) in [7, 11) is -3.60. The van der Waals surface area contributed by atoms with Crippen molar-refractivity contribution in [3.05, 3.63) is 22.7 Å². The summed E-state index contributed by atoms with van der Waals surface area (Å²) in [5, 5.41) is 5.53. The highest BCUT2D eigenvalue weighted by Gasteiger charge is 2.33. The van der Waals surface area contributed by atoms with E-state index in [4.69, 9.17) is 22.5 Å². The van der Waals surface area contributed by atoms with Crippen molar-refractivity contribution in [3.8, 4) is 0 Å². The SMILES string of the molecule is Cc1cc(N)c(N2CC(CS(N)(=O)=O)CC2=O)cc1Cl. The van der Waals surface area contributed by atoms with Crippen molar-refractivity contribution in [1.29, 1.82) is 0 Å². The summed E-state index contributed by atoms with van der Waals surface area (Å²) in [5.41, 5.74) is 7.69. The van der Waals surface area contributed by atoms with Gasteiger partial charge < -0.3 is 10.6 Å². The fourth-order valence-corrected chi connectivity index (χ4v) is 3.42. The zero-order valence-electron chi connectivity index (χ0n) is 11.0. The lowest BCUT2D eigenvalue weighted by Crippen LogP contribution is -2.28. The van der Waals surface area contributed by atoms with Gasteiger partial charge in [-0.25, -0.2) is 13.6 Å². The van der Waals surface area contributed by atoms with Crippen LogP contribution in [0.5, 0.6) is 0 Å². The second kappa shape index (κ2) is 5.23. The first-order chi connectivity index (χ1) is 9.17. The van der Waals surface area contributed by atoms with Gasteiger partial charge in [-0.1, -0.05) is 11.6 Å². The molecule has 1 aliphatic rings. The topological polar surface area (TPSA) is 106 Å². The average Bonchev–Trinajstić information content (AvgIpc) is 2.62. The van der Waals surface area contributed by atoms with Crippen LogP contribution in [0.3, 0.4) is 0 Å². The molecular formula is C12H16ClN3O3S. The van der Waals surface area contributed by atoms with E-state index in [0.29, 0.717) is 16.4 Å². The van der Waals surface area contributed by atoms with Gasteiger partial charge in [-0.15, -0.1) is 0 Å². The monoisotopic (exact) mass is 317 g/mol. The second-order valence-corrected chi connectivity index (χ2v) is 7.13. The van der Waals surface area contributed by atoms with E-state index in [-0.39, 0.29) is 30.5 Å². The molecule has 0 aromatic heterocycles. The summed E-state index contributed by atoms with van der Waals surface area (Å²) < 4.78 is 22.2. The fourth-order valence-electron chi connectivity index (χ4n) is 2.38. The standard InChI is InChI=1S/C12H16ClN3O3S/c1-7-2-10(14)11(4-9(7)13)16-5-8(3-12(16)17)6-20(15,18)19/h2,4,8H,3,5-6,14H2,1H3,(H2,15,18,19). The van der Waals surface area contributed by atoms with Crippen LogP contribution in [0.15, 0.2) is 12.1 Å². The smallest absolute Gasteiger partial charge is 0.227 e. The molecule has 20 heavy (non-hydrogen) atoms. The number of rotatable bonds is 3. The number of carbonyl (C=O) groups is 1. The summed E-state index contributed by atoms with van der Waals surface area (Å²) in [6.45, 7) is 2.09. The third-order valence-corrected chi connectivity index (χ3v) is 4.62. The summed E-state index contributed by atoms with van der Waals surface area (Å²) in [6.07, 6.45) is 0.140. The van der Waals surface area contributed by atoms with Crippen LogP contribution in [0, 0.1) is 12.8 Å².